The predicted molar refractivity (Wildman–Crippen MR) is 86.3 cm³/mol. The second-order valence-electron chi connectivity index (χ2n) is 4.66. The lowest BCUT2D eigenvalue weighted by Crippen LogP contribution is -1.94. The first-order valence-electron chi connectivity index (χ1n) is 6.37. The molecule has 106 valence electrons. The minimum Gasteiger partial charge on any atom is -0.497 e. The van der Waals surface area contributed by atoms with E-state index in [1.165, 1.54) is 0 Å². The molecule has 0 N–H and O–H groups in total. The topological polar surface area (TPSA) is 35.0 Å². The van der Waals surface area contributed by atoms with Crippen molar-refractivity contribution < 1.29 is 4.74 Å². The molecular formula is C16H12Cl2N2O. The minimum atomic E-state index is 0.381. The molecule has 3 rings (SSSR count). The first-order valence-corrected chi connectivity index (χ1v) is 7.12. The van der Waals surface area contributed by atoms with Gasteiger partial charge in [-0.1, -0.05) is 35.3 Å². The van der Waals surface area contributed by atoms with Crippen LogP contribution in [-0.2, 0) is 0 Å². The number of hydrogen-bond donors (Lipinski definition) is 0. The van der Waals surface area contributed by atoms with Gasteiger partial charge in [-0.3, -0.25) is 0 Å². The fourth-order valence-corrected chi connectivity index (χ4v) is 2.58. The molecule has 3 nitrogen and oxygen atoms in total. The van der Waals surface area contributed by atoms with Crippen molar-refractivity contribution in [3.63, 3.8) is 0 Å². The van der Waals surface area contributed by atoms with Gasteiger partial charge < -0.3 is 4.74 Å². The van der Waals surface area contributed by atoms with Crippen molar-refractivity contribution >= 4 is 34.1 Å². The number of hydrogen-bond acceptors (Lipinski definition) is 3. The van der Waals surface area contributed by atoms with E-state index >= 15 is 0 Å². The van der Waals surface area contributed by atoms with Crippen LogP contribution in [0.5, 0.6) is 5.75 Å². The zero-order chi connectivity index (χ0) is 15.0. The molecule has 5 heteroatoms. The lowest BCUT2D eigenvalue weighted by atomic mass is 10.1. The fourth-order valence-electron chi connectivity index (χ4n) is 2.14. The van der Waals surface area contributed by atoms with Gasteiger partial charge in [0, 0.05) is 10.9 Å². The Labute approximate surface area is 132 Å². The Hall–Kier alpha value is -1.84. The SMILES string of the molecule is COc1ccc2nc(-c3cccc(C)c3Cl)nc(Cl)c2c1. The number of methoxy groups -OCH3 is 1. The second kappa shape index (κ2) is 5.51. The van der Waals surface area contributed by atoms with Crippen LogP contribution in [0, 0.1) is 6.92 Å². The molecule has 21 heavy (non-hydrogen) atoms. The average Bonchev–Trinajstić information content (AvgIpc) is 2.49. The molecule has 0 fully saturated rings. The third-order valence-corrected chi connectivity index (χ3v) is 4.08. The van der Waals surface area contributed by atoms with Gasteiger partial charge in [-0.15, -0.1) is 0 Å². The van der Waals surface area contributed by atoms with Gasteiger partial charge in [0.2, 0.25) is 0 Å². The molecule has 0 unspecified atom stereocenters. The summed E-state index contributed by atoms with van der Waals surface area (Å²) >= 11 is 12.6. The maximum Gasteiger partial charge on any atom is 0.163 e. The summed E-state index contributed by atoms with van der Waals surface area (Å²) < 4.78 is 5.19. The molecule has 1 heterocycles. The molecule has 1 aromatic heterocycles. The van der Waals surface area contributed by atoms with E-state index in [-0.39, 0.29) is 0 Å². The number of benzene rings is 2. The Bertz CT molecular complexity index is 834. The number of ether oxygens (including phenoxy) is 1. The van der Waals surface area contributed by atoms with Crippen LogP contribution in [0.3, 0.4) is 0 Å². The number of aryl methyl sites for hydroxylation is 1. The van der Waals surface area contributed by atoms with E-state index in [1.54, 1.807) is 7.11 Å². The molecule has 0 atom stereocenters. The van der Waals surface area contributed by atoms with Crippen LogP contribution in [0.4, 0.5) is 0 Å². The summed E-state index contributed by atoms with van der Waals surface area (Å²) in [5.41, 5.74) is 2.50. The van der Waals surface area contributed by atoms with Gasteiger partial charge in [-0.05, 0) is 36.8 Å². The molecular weight excluding hydrogens is 307 g/mol. The maximum absolute atomic E-state index is 6.34. The van der Waals surface area contributed by atoms with E-state index < -0.39 is 0 Å². The maximum atomic E-state index is 6.34. The Kier molecular flexibility index (Phi) is 3.70. The van der Waals surface area contributed by atoms with E-state index in [2.05, 4.69) is 9.97 Å². The lowest BCUT2D eigenvalue weighted by Gasteiger charge is -2.08. The molecule has 3 aromatic rings. The summed E-state index contributed by atoms with van der Waals surface area (Å²) in [5, 5.41) is 1.77. The van der Waals surface area contributed by atoms with Gasteiger partial charge >= 0.3 is 0 Å². The van der Waals surface area contributed by atoms with Gasteiger partial charge in [0.25, 0.3) is 0 Å². The Balaban J connectivity index is 2.23. The van der Waals surface area contributed by atoms with Crippen LogP contribution in [0.15, 0.2) is 36.4 Å². The van der Waals surface area contributed by atoms with Gasteiger partial charge in [0.1, 0.15) is 10.9 Å². The zero-order valence-corrected chi connectivity index (χ0v) is 13.0. The molecule has 0 bridgehead atoms. The first-order chi connectivity index (χ1) is 10.1. The van der Waals surface area contributed by atoms with Crippen LogP contribution in [-0.4, -0.2) is 17.1 Å². The zero-order valence-electron chi connectivity index (χ0n) is 11.5. The molecule has 0 amide bonds. The van der Waals surface area contributed by atoms with Crippen molar-refractivity contribution in [2.75, 3.05) is 7.11 Å². The second-order valence-corrected chi connectivity index (χ2v) is 5.39. The van der Waals surface area contributed by atoms with Crippen molar-refractivity contribution in [2.45, 2.75) is 6.92 Å². The van der Waals surface area contributed by atoms with Crippen molar-refractivity contribution in [1.82, 2.24) is 9.97 Å². The highest BCUT2D eigenvalue weighted by atomic mass is 35.5. The minimum absolute atomic E-state index is 0.381. The molecule has 0 spiro atoms. The highest BCUT2D eigenvalue weighted by molar-refractivity contribution is 6.35. The van der Waals surface area contributed by atoms with E-state index in [0.717, 1.165) is 22.0 Å². The molecule has 0 saturated heterocycles. The number of nitrogens with zero attached hydrogens (tertiary/aromatic N) is 2. The monoisotopic (exact) mass is 318 g/mol. The first kappa shape index (κ1) is 14.1. The van der Waals surface area contributed by atoms with Crippen LogP contribution in [0.2, 0.25) is 10.2 Å². The van der Waals surface area contributed by atoms with Gasteiger partial charge in [0.05, 0.1) is 17.6 Å². The Morgan fingerprint density at radius 1 is 1.05 bits per heavy atom. The van der Waals surface area contributed by atoms with Crippen molar-refractivity contribution in [1.29, 1.82) is 0 Å². The van der Waals surface area contributed by atoms with Crippen molar-refractivity contribution in [3.05, 3.63) is 52.1 Å². The van der Waals surface area contributed by atoms with E-state index in [0.29, 0.717) is 21.7 Å². The molecule has 0 radical (unpaired) electrons. The summed E-state index contributed by atoms with van der Waals surface area (Å²) in [6, 6.07) is 11.3. The summed E-state index contributed by atoms with van der Waals surface area (Å²) in [4.78, 5) is 8.91. The van der Waals surface area contributed by atoms with Gasteiger partial charge in [-0.2, -0.15) is 0 Å². The Morgan fingerprint density at radius 2 is 1.86 bits per heavy atom. The predicted octanol–water partition coefficient (Wildman–Crippen LogP) is 4.92. The van der Waals surface area contributed by atoms with Crippen LogP contribution >= 0.6 is 23.2 Å². The number of rotatable bonds is 2. The fraction of sp³-hybridized carbons (Fsp3) is 0.125. The van der Waals surface area contributed by atoms with Crippen LogP contribution in [0.25, 0.3) is 22.3 Å². The number of halogens is 2. The Morgan fingerprint density at radius 3 is 2.62 bits per heavy atom. The quantitative estimate of drug-likeness (QED) is 0.629. The highest BCUT2D eigenvalue weighted by Crippen LogP contribution is 2.32. The summed E-state index contributed by atoms with van der Waals surface area (Å²) in [6.45, 7) is 1.94. The highest BCUT2D eigenvalue weighted by Gasteiger charge is 2.12. The molecule has 0 saturated carbocycles. The third-order valence-electron chi connectivity index (χ3n) is 3.29. The van der Waals surface area contributed by atoms with E-state index in [1.807, 2.05) is 43.3 Å². The van der Waals surface area contributed by atoms with Gasteiger partial charge in [0.15, 0.2) is 5.82 Å². The van der Waals surface area contributed by atoms with Crippen molar-refractivity contribution in [2.24, 2.45) is 0 Å². The molecule has 0 aliphatic heterocycles. The molecule has 0 aliphatic carbocycles. The lowest BCUT2D eigenvalue weighted by molar-refractivity contribution is 0.415. The normalized spacial score (nSPS) is 10.9. The summed E-state index contributed by atoms with van der Waals surface area (Å²) in [7, 11) is 1.61. The summed E-state index contributed by atoms with van der Waals surface area (Å²) in [6.07, 6.45) is 0. The van der Waals surface area contributed by atoms with Crippen molar-refractivity contribution in [3.8, 4) is 17.1 Å². The number of fused-ring (bicyclic) bond motifs is 1. The smallest absolute Gasteiger partial charge is 0.163 e. The van der Waals surface area contributed by atoms with E-state index in [4.69, 9.17) is 27.9 Å². The largest absolute Gasteiger partial charge is 0.497 e. The average molecular weight is 319 g/mol. The third kappa shape index (κ3) is 2.55. The molecule has 2 aromatic carbocycles. The number of aromatic nitrogens is 2. The van der Waals surface area contributed by atoms with E-state index in [9.17, 15) is 0 Å². The van der Waals surface area contributed by atoms with Gasteiger partial charge in [-0.25, -0.2) is 9.97 Å². The van der Waals surface area contributed by atoms with Crippen LogP contribution in [0.1, 0.15) is 5.56 Å². The molecule has 0 aliphatic rings. The van der Waals surface area contributed by atoms with Crippen LogP contribution < -0.4 is 4.74 Å². The standard InChI is InChI=1S/C16H12Cl2N2O/c1-9-4-3-5-11(14(9)17)16-19-13-7-6-10(21-2)8-12(13)15(18)20-16/h3-8H,1-2H3. The summed E-state index contributed by atoms with van der Waals surface area (Å²) in [5.74, 6) is 1.24.